The summed E-state index contributed by atoms with van der Waals surface area (Å²) < 4.78 is 13.8. The SMILES string of the molecule is C.CCOC(=O)Cl.CCOC(=O)Oc1c(Cl)cc(-c2ccccc2)cc1Cl.Oc1c(Cl)cc(-c2ccccc2)cc1Cl. The van der Waals surface area contributed by atoms with E-state index >= 15 is 0 Å². The lowest BCUT2D eigenvalue weighted by Gasteiger charge is -2.10. The highest BCUT2D eigenvalue weighted by Gasteiger charge is 2.15. The fourth-order valence-electron chi connectivity index (χ4n) is 3.16. The summed E-state index contributed by atoms with van der Waals surface area (Å²) in [4.78, 5) is 20.9. The van der Waals surface area contributed by atoms with Gasteiger partial charge in [0.25, 0.3) is 0 Å². The molecular formula is C31H29Cl5O6. The first kappa shape index (κ1) is 36.9. The molecule has 0 amide bonds. The molecule has 42 heavy (non-hydrogen) atoms. The number of carbonyl (C=O) groups excluding carboxylic acids is 2. The van der Waals surface area contributed by atoms with Gasteiger partial charge in [-0.3, -0.25) is 0 Å². The number of benzene rings is 4. The molecule has 0 radical (unpaired) electrons. The molecule has 0 unspecified atom stereocenters. The van der Waals surface area contributed by atoms with Crippen LogP contribution in [0, 0.1) is 0 Å². The number of carbonyl (C=O) groups is 2. The first-order valence-electron chi connectivity index (χ1n) is 12.0. The van der Waals surface area contributed by atoms with Crippen LogP contribution in [-0.2, 0) is 9.47 Å². The minimum atomic E-state index is -0.830. The monoisotopic (exact) mass is 672 g/mol. The first-order valence-corrected chi connectivity index (χ1v) is 13.9. The second-order valence-electron chi connectivity index (χ2n) is 7.75. The van der Waals surface area contributed by atoms with E-state index in [-0.39, 0.29) is 45.6 Å². The second kappa shape index (κ2) is 19.1. The molecule has 1 N–H and O–H groups in total. The summed E-state index contributed by atoms with van der Waals surface area (Å²) in [6.07, 6.45) is -0.830. The normalized spacial score (nSPS) is 9.60. The maximum atomic E-state index is 11.3. The van der Waals surface area contributed by atoms with Crippen molar-refractivity contribution in [1.29, 1.82) is 0 Å². The van der Waals surface area contributed by atoms with E-state index < -0.39 is 11.6 Å². The van der Waals surface area contributed by atoms with Crippen LogP contribution in [0.1, 0.15) is 21.3 Å². The van der Waals surface area contributed by atoms with Crippen LogP contribution in [0.25, 0.3) is 22.3 Å². The standard InChI is InChI=1S/C15H12Cl2O3.C12H8Cl2O.C3H5ClO2.CH4/c1-2-19-15(18)20-14-12(16)8-11(9-13(14)17)10-6-4-3-5-7-10;13-10-6-9(7-11(14)12(10)15)8-4-2-1-3-5-8;1-2-6-3(4)5;/h3-9H,2H2,1H3;1-7,15H;2H2,1H3;1H4. The van der Waals surface area contributed by atoms with Crippen LogP contribution in [0.2, 0.25) is 20.1 Å². The third kappa shape index (κ3) is 12.0. The molecule has 0 spiro atoms. The smallest absolute Gasteiger partial charge is 0.505 e. The molecule has 4 aromatic rings. The van der Waals surface area contributed by atoms with Crippen molar-refractivity contribution in [1.82, 2.24) is 0 Å². The lowest BCUT2D eigenvalue weighted by molar-refractivity contribution is 0.104. The molecule has 0 aliphatic rings. The summed E-state index contributed by atoms with van der Waals surface area (Å²) in [7, 11) is 0. The van der Waals surface area contributed by atoms with Crippen LogP contribution >= 0.6 is 58.0 Å². The lowest BCUT2D eigenvalue weighted by Crippen LogP contribution is -2.10. The maximum absolute atomic E-state index is 11.3. The van der Waals surface area contributed by atoms with Gasteiger partial charge in [0, 0.05) is 11.6 Å². The van der Waals surface area contributed by atoms with E-state index in [2.05, 4.69) is 4.74 Å². The van der Waals surface area contributed by atoms with E-state index in [0.717, 1.165) is 22.3 Å². The van der Waals surface area contributed by atoms with Crippen LogP contribution in [0.15, 0.2) is 84.9 Å². The summed E-state index contributed by atoms with van der Waals surface area (Å²) >= 11 is 28.6. The number of rotatable bonds is 5. The summed E-state index contributed by atoms with van der Waals surface area (Å²) in [6, 6.07) is 26.1. The number of hydrogen-bond acceptors (Lipinski definition) is 6. The number of hydrogen-bond donors (Lipinski definition) is 1. The number of ether oxygens (including phenoxy) is 3. The highest BCUT2D eigenvalue weighted by molar-refractivity contribution is 6.61. The third-order valence-corrected chi connectivity index (χ3v) is 6.18. The molecule has 0 saturated carbocycles. The Morgan fingerprint density at radius 3 is 1.36 bits per heavy atom. The minimum Gasteiger partial charge on any atom is -0.505 e. The molecular weight excluding hydrogens is 646 g/mol. The number of phenols is 1. The van der Waals surface area contributed by atoms with Gasteiger partial charge in [-0.2, -0.15) is 0 Å². The van der Waals surface area contributed by atoms with E-state index in [4.69, 9.17) is 67.5 Å². The molecule has 0 aromatic heterocycles. The largest absolute Gasteiger partial charge is 0.513 e. The Bertz CT molecular complexity index is 1390. The zero-order valence-corrected chi connectivity index (χ0v) is 25.7. The molecule has 0 atom stereocenters. The quantitative estimate of drug-likeness (QED) is 0.129. The van der Waals surface area contributed by atoms with Gasteiger partial charge in [-0.25, -0.2) is 9.59 Å². The number of aromatic hydroxyl groups is 1. The van der Waals surface area contributed by atoms with Crippen LogP contribution in [-0.4, -0.2) is 29.9 Å². The van der Waals surface area contributed by atoms with Crippen LogP contribution in [0.3, 0.4) is 0 Å². The van der Waals surface area contributed by atoms with Gasteiger partial charge < -0.3 is 19.3 Å². The maximum Gasteiger partial charge on any atom is 0.513 e. The molecule has 0 saturated heterocycles. The van der Waals surface area contributed by atoms with Gasteiger partial charge in [-0.15, -0.1) is 0 Å². The van der Waals surface area contributed by atoms with Gasteiger partial charge in [-0.1, -0.05) is 114 Å². The zero-order valence-electron chi connectivity index (χ0n) is 21.9. The Balaban J connectivity index is 0.000000354. The number of phenolic OH excluding ortho intramolecular Hbond substituents is 1. The minimum absolute atomic E-state index is 0. The van der Waals surface area contributed by atoms with Gasteiger partial charge >= 0.3 is 11.6 Å². The predicted molar refractivity (Wildman–Crippen MR) is 173 cm³/mol. The fourth-order valence-corrected chi connectivity index (χ4v) is 4.32. The Morgan fingerprint density at radius 2 is 1.02 bits per heavy atom. The molecule has 0 bridgehead atoms. The van der Waals surface area contributed by atoms with Crippen molar-refractivity contribution in [3.05, 3.63) is 105 Å². The highest BCUT2D eigenvalue weighted by Crippen LogP contribution is 2.38. The van der Waals surface area contributed by atoms with Crippen molar-refractivity contribution in [2.75, 3.05) is 13.2 Å². The Morgan fingerprint density at radius 1 is 0.643 bits per heavy atom. The van der Waals surface area contributed by atoms with Gasteiger partial charge in [0.15, 0.2) is 11.5 Å². The van der Waals surface area contributed by atoms with Gasteiger partial charge in [0.2, 0.25) is 0 Å². The van der Waals surface area contributed by atoms with Crippen molar-refractivity contribution in [2.45, 2.75) is 21.3 Å². The molecule has 0 aliphatic carbocycles. The zero-order chi connectivity index (χ0) is 30.4. The van der Waals surface area contributed by atoms with Crippen LogP contribution in [0.4, 0.5) is 9.59 Å². The summed E-state index contributed by atoms with van der Waals surface area (Å²) in [5, 5.41) is 10.5. The predicted octanol–water partition coefficient (Wildman–Crippen LogP) is 11.6. The molecule has 0 fully saturated rings. The average Bonchev–Trinajstić information content (AvgIpc) is 2.95. The molecule has 11 heteroatoms. The molecule has 0 aliphatic heterocycles. The van der Waals surface area contributed by atoms with Gasteiger partial charge in [0.1, 0.15) is 0 Å². The van der Waals surface area contributed by atoms with Crippen molar-refractivity contribution in [3.8, 4) is 33.8 Å². The molecule has 4 aromatic carbocycles. The summed E-state index contributed by atoms with van der Waals surface area (Å²) in [6.45, 7) is 3.95. The topological polar surface area (TPSA) is 82.1 Å². The van der Waals surface area contributed by atoms with Crippen molar-refractivity contribution in [2.24, 2.45) is 0 Å². The van der Waals surface area contributed by atoms with E-state index in [9.17, 15) is 14.7 Å². The fraction of sp³-hybridized carbons (Fsp3) is 0.161. The van der Waals surface area contributed by atoms with Crippen LogP contribution in [0.5, 0.6) is 11.5 Å². The van der Waals surface area contributed by atoms with Crippen molar-refractivity contribution >= 4 is 69.6 Å². The van der Waals surface area contributed by atoms with Gasteiger partial charge in [0.05, 0.1) is 33.3 Å². The molecule has 4 rings (SSSR count). The van der Waals surface area contributed by atoms with Crippen molar-refractivity contribution < 1.29 is 28.9 Å². The van der Waals surface area contributed by atoms with Crippen molar-refractivity contribution in [3.63, 3.8) is 0 Å². The average molecular weight is 675 g/mol. The van der Waals surface area contributed by atoms with Gasteiger partial charge in [-0.05, 0) is 60.4 Å². The van der Waals surface area contributed by atoms with E-state index in [1.54, 1.807) is 38.1 Å². The van der Waals surface area contributed by atoms with E-state index in [0.29, 0.717) is 6.61 Å². The number of halogens is 5. The summed E-state index contributed by atoms with van der Waals surface area (Å²) in [5.74, 6) is 0.0319. The third-order valence-electron chi connectivity index (χ3n) is 4.93. The second-order valence-corrected chi connectivity index (χ2v) is 9.68. The molecule has 6 nitrogen and oxygen atoms in total. The highest BCUT2D eigenvalue weighted by atomic mass is 35.5. The Labute approximate surface area is 270 Å². The molecule has 0 heterocycles. The van der Waals surface area contributed by atoms with E-state index in [1.165, 1.54) is 0 Å². The Hall–Kier alpha value is -3.13. The molecule has 224 valence electrons. The first-order chi connectivity index (χ1) is 19.6. The summed E-state index contributed by atoms with van der Waals surface area (Å²) in [5.41, 5.74) is 2.98. The lowest BCUT2D eigenvalue weighted by atomic mass is 10.1. The Kier molecular flexibility index (Phi) is 16.8. The van der Waals surface area contributed by atoms with Crippen LogP contribution < -0.4 is 4.74 Å². The van der Waals surface area contributed by atoms with E-state index in [1.807, 2.05) is 60.7 Å².